The number of hydrogen-bond acceptors (Lipinski definition) is 6. The van der Waals surface area contributed by atoms with Gasteiger partial charge in [-0.05, 0) is 46.9 Å². The lowest BCUT2D eigenvalue weighted by Gasteiger charge is -2.22. The van der Waals surface area contributed by atoms with E-state index >= 15 is 0 Å². The molecule has 138 valence electrons. The van der Waals surface area contributed by atoms with Crippen LogP contribution in [0.5, 0.6) is 0 Å². The molecule has 0 aromatic carbocycles. The Morgan fingerprint density at radius 1 is 1.15 bits per heavy atom. The summed E-state index contributed by atoms with van der Waals surface area (Å²) in [4.78, 5) is 33.8. The lowest BCUT2D eigenvalue weighted by molar-refractivity contribution is 0.333. The molecule has 0 N–H and O–H groups in total. The van der Waals surface area contributed by atoms with Crippen LogP contribution in [0.4, 0.5) is 0 Å². The van der Waals surface area contributed by atoms with Crippen LogP contribution in [0.1, 0.15) is 40.7 Å². The fraction of sp³-hybridized carbons (Fsp3) is 0.471. The summed E-state index contributed by atoms with van der Waals surface area (Å²) in [6, 6.07) is 2.96. The highest BCUT2D eigenvalue weighted by Gasteiger charge is 2.22. The molecular formula is C17H22N6O2S. The summed E-state index contributed by atoms with van der Waals surface area (Å²) < 4.78 is 4.68. The number of nitrogens with zero attached hydrogens (tertiary/aromatic N) is 6. The first-order valence-corrected chi connectivity index (χ1v) is 9.53. The standard InChI is InChI=1S/C17H22N6O2S/c1-10(2)21-15(25)11-9-18-16(26-6)19-14(11)22(21)12-7-8-13(24)23(20-12)17(3,4)5/h7-10H,1-6H3. The molecule has 3 heterocycles. The van der Waals surface area contributed by atoms with Crippen LogP contribution in [0.2, 0.25) is 0 Å². The van der Waals surface area contributed by atoms with Crippen molar-refractivity contribution >= 4 is 22.8 Å². The minimum Gasteiger partial charge on any atom is -0.268 e. The van der Waals surface area contributed by atoms with Crippen molar-refractivity contribution in [3.63, 3.8) is 0 Å². The second-order valence-electron chi connectivity index (χ2n) is 7.26. The van der Waals surface area contributed by atoms with Crippen LogP contribution in [-0.4, -0.2) is 35.4 Å². The fourth-order valence-corrected chi connectivity index (χ4v) is 3.10. The highest BCUT2D eigenvalue weighted by molar-refractivity contribution is 7.98. The third-order valence-electron chi connectivity index (χ3n) is 3.91. The fourth-order valence-electron chi connectivity index (χ4n) is 2.76. The normalized spacial score (nSPS) is 12.3. The summed E-state index contributed by atoms with van der Waals surface area (Å²) in [7, 11) is 0. The third kappa shape index (κ3) is 2.96. The van der Waals surface area contributed by atoms with Gasteiger partial charge in [-0.15, -0.1) is 5.10 Å². The predicted molar refractivity (Wildman–Crippen MR) is 102 cm³/mol. The van der Waals surface area contributed by atoms with Crippen LogP contribution in [-0.2, 0) is 5.54 Å². The van der Waals surface area contributed by atoms with Crippen molar-refractivity contribution in [3.05, 3.63) is 39.0 Å². The quantitative estimate of drug-likeness (QED) is 0.516. The summed E-state index contributed by atoms with van der Waals surface area (Å²) in [5.41, 5.74) is -0.387. The Morgan fingerprint density at radius 2 is 1.85 bits per heavy atom. The van der Waals surface area contributed by atoms with Gasteiger partial charge in [0, 0.05) is 18.3 Å². The number of hydrogen-bond donors (Lipinski definition) is 0. The van der Waals surface area contributed by atoms with E-state index in [1.165, 1.54) is 22.5 Å². The Balaban J connectivity index is 2.43. The Morgan fingerprint density at radius 3 is 2.42 bits per heavy atom. The van der Waals surface area contributed by atoms with Gasteiger partial charge in [-0.2, -0.15) is 0 Å². The van der Waals surface area contributed by atoms with Crippen molar-refractivity contribution in [2.45, 2.75) is 51.4 Å². The lowest BCUT2D eigenvalue weighted by Crippen LogP contribution is -2.36. The van der Waals surface area contributed by atoms with E-state index in [0.717, 1.165) is 0 Å². The molecule has 3 rings (SSSR count). The maximum atomic E-state index is 12.9. The van der Waals surface area contributed by atoms with Gasteiger partial charge >= 0.3 is 0 Å². The minimum absolute atomic E-state index is 0.119. The highest BCUT2D eigenvalue weighted by atomic mass is 32.2. The van der Waals surface area contributed by atoms with Crippen LogP contribution >= 0.6 is 11.8 Å². The predicted octanol–water partition coefficient (Wildman–Crippen LogP) is 2.20. The molecule has 26 heavy (non-hydrogen) atoms. The monoisotopic (exact) mass is 374 g/mol. The zero-order chi connectivity index (χ0) is 19.2. The van der Waals surface area contributed by atoms with E-state index in [1.807, 2.05) is 40.9 Å². The molecule has 0 aliphatic rings. The minimum atomic E-state index is -0.488. The summed E-state index contributed by atoms with van der Waals surface area (Å²) in [5.74, 6) is 0.464. The molecule has 0 unspecified atom stereocenters. The molecule has 9 heteroatoms. The first kappa shape index (κ1) is 18.4. The molecule has 3 aromatic rings. The topological polar surface area (TPSA) is 87.6 Å². The van der Waals surface area contributed by atoms with Gasteiger partial charge in [-0.25, -0.2) is 24.0 Å². The smallest absolute Gasteiger partial charge is 0.268 e. The van der Waals surface area contributed by atoms with Gasteiger partial charge in [0.05, 0.1) is 5.54 Å². The van der Waals surface area contributed by atoms with Crippen molar-refractivity contribution in [2.75, 3.05) is 6.26 Å². The molecule has 0 fully saturated rings. The van der Waals surface area contributed by atoms with Gasteiger partial charge in [-0.3, -0.25) is 9.59 Å². The van der Waals surface area contributed by atoms with Crippen molar-refractivity contribution in [1.29, 1.82) is 0 Å². The van der Waals surface area contributed by atoms with Crippen LogP contribution in [0.3, 0.4) is 0 Å². The third-order valence-corrected chi connectivity index (χ3v) is 4.47. The molecule has 8 nitrogen and oxygen atoms in total. The molecule has 0 atom stereocenters. The summed E-state index contributed by atoms with van der Waals surface area (Å²) in [6.07, 6.45) is 3.42. The summed E-state index contributed by atoms with van der Waals surface area (Å²) in [6.45, 7) is 9.55. The van der Waals surface area contributed by atoms with E-state index in [2.05, 4.69) is 15.1 Å². The van der Waals surface area contributed by atoms with Gasteiger partial charge in [0.1, 0.15) is 5.39 Å². The van der Waals surface area contributed by atoms with Gasteiger partial charge in [-0.1, -0.05) is 11.8 Å². The molecule has 0 aliphatic heterocycles. The van der Waals surface area contributed by atoms with E-state index in [0.29, 0.717) is 22.0 Å². The molecule has 0 saturated heterocycles. The Labute approximate surface area is 154 Å². The van der Waals surface area contributed by atoms with Gasteiger partial charge in [0.25, 0.3) is 11.1 Å². The van der Waals surface area contributed by atoms with Crippen LogP contribution in [0.15, 0.2) is 33.1 Å². The second kappa shape index (κ2) is 6.39. The number of aromatic nitrogens is 6. The van der Waals surface area contributed by atoms with Gasteiger partial charge in [0.2, 0.25) is 0 Å². The first-order chi connectivity index (χ1) is 12.1. The maximum absolute atomic E-state index is 12.9. The molecule has 0 amide bonds. The van der Waals surface area contributed by atoms with E-state index < -0.39 is 5.54 Å². The summed E-state index contributed by atoms with van der Waals surface area (Å²) in [5, 5.41) is 5.50. The molecular weight excluding hydrogens is 352 g/mol. The van der Waals surface area contributed by atoms with E-state index in [1.54, 1.807) is 21.6 Å². The molecule has 0 radical (unpaired) electrons. The largest absolute Gasteiger partial charge is 0.278 e. The lowest BCUT2D eigenvalue weighted by atomic mass is 10.1. The molecule has 0 aliphatic carbocycles. The Hall–Kier alpha value is -2.42. The van der Waals surface area contributed by atoms with E-state index in [9.17, 15) is 9.59 Å². The molecule has 0 saturated carbocycles. The zero-order valence-electron chi connectivity index (χ0n) is 15.7. The zero-order valence-corrected chi connectivity index (χ0v) is 16.5. The second-order valence-corrected chi connectivity index (χ2v) is 8.04. The summed E-state index contributed by atoms with van der Waals surface area (Å²) >= 11 is 1.40. The van der Waals surface area contributed by atoms with Crippen LogP contribution in [0, 0.1) is 0 Å². The number of fused-ring (bicyclic) bond motifs is 1. The van der Waals surface area contributed by atoms with Crippen molar-refractivity contribution in [3.8, 4) is 5.82 Å². The molecule has 0 bridgehead atoms. The SMILES string of the molecule is CSc1ncc2c(=O)n(C(C)C)n(-c3ccc(=O)n(C(C)(C)C)n3)c2n1. The number of thioether (sulfide) groups is 1. The van der Waals surface area contributed by atoms with Gasteiger partial charge in [0.15, 0.2) is 16.6 Å². The van der Waals surface area contributed by atoms with Crippen molar-refractivity contribution in [1.82, 2.24) is 29.1 Å². The Bertz CT molecular complexity index is 1090. The maximum Gasteiger partial charge on any atom is 0.278 e. The average Bonchev–Trinajstić information content (AvgIpc) is 2.86. The number of rotatable bonds is 3. The van der Waals surface area contributed by atoms with E-state index in [4.69, 9.17) is 0 Å². The average molecular weight is 374 g/mol. The van der Waals surface area contributed by atoms with Crippen LogP contribution < -0.4 is 11.1 Å². The van der Waals surface area contributed by atoms with Crippen molar-refractivity contribution in [2.24, 2.45) is 0 Å². The van der Waals surface area contributed by atoms with E-state index in [-0.39, 0.29) is 17.2 Å². The first-order valence-electron chi connectivity index (χ1n) is 8.30. The molecule has 0 spiro atoms. The highest BCUT2D eigenvalue weighted by Crippen LogP contribution is 2.19. The molecule has 3 aromatic heterocycles. The Kier molecular flexibility index (Phi) is 4.51. The van der Waals surface area contributed by atoms with Gasteiger partial charge < -0.3 is 0 Å². The van der Waals surface area contributed by atoms with Crippen molar-refractivity contribution < 1.29 is 0 Å². The van der Waals surface area contributed by atoms with Crippen LogP contribution in [0.25, 0.3) is 16.9 Å².